The summed E-state index contributed by atoms with van der Waals surface area (Å²) in [7, 11) is 1.72. The average Bonchev–Trinajstić information content (AvgIpc) is 2.83. The molecule has 0 spiro atoms. The van der Waals surface area contributed by atoms with Crippen LogP contribution in [0, 0.1) is 0 Å². The highest BCUT2D eigenvalue weighted by atomic mass is 16.5. The smallest absolute Gasteiger partial charge is 0.185 e. The highest BCUT2D eigenvalue weighted by Gasteiger charge is 2.08. The van der Waals surface area contributed by atoms with Gasteiger partial charge in [0.15, 0.2) is 5.78 Å². The van der Waals surface area contributed by atoms with Crippen molar-refractivity contribution in [3.63, 3.8) is 0 Å². The van der Waals surface area contributed by atoms with Crippen molar-refractivity contribution in [1.82, 2.24) is 0 Å². The van der Waals surface area contributed by atoms with Crippen molar-refractivity contribution in [3.8, 4) is 11.1 Å². The number of aliphatic hydroxyl groups is 1. The molecule has 0 aromatic heterocycles. The molecule has 160 valence electrons. The van der Waals surface area contributed by atoms with Crippen LogP contribution in [0.1, 0.15) is 53.3 Å². The van der Waals surface area contributed by atoms with Crippen molar-refractivity contribution >= 4 is 11.9 Å². The summed E-state index contributed by atoms with van der Waals surface area (Å²) in [6.07, 6.45) is 6.89. The monoisotopic (exact) mass is 414 g/mol. The van der Waals surface area contributed by atoms with E-state index in [9.17, 15) is 9.90 Å². The molecule has 31 heavy (non-hydrogen) atoms. The van der Waals surface area contributed by atoms with E-state index >= 15 is 0 Å². The maximum absolute atomic E-state index is 12.2. The minimum Gasteiger partial charge on any atom is -0.388 e. The van der Waals surface area contributed by atoms with Crippen LogP contribution in [0.2, 0.25) is 0 Å². The summed E-state index contributed by atoms with van der Waals surface area (Å²) < 4.78 is 5.06. The first-order valence-corrected chi connectivity index (χ1v) is 10.8. The standard InChI is InChI=1S/C28H30O3/c1-31-21-7-3-6-10-27(29)26-18-16-24(17-19-26)23-14-11-22(12-15-23)13-20-28(30)25-8-4-2-5-9-25/h2,4-5,8-9,11-20,27,29H,3,6-7,10,21H2,1H3/b20-13+. The summed E-state index contributed by atoms with van der Waals surface area (Å²) in [6, 6.07) is 25.5. The molecule has 3 heteroatoms. The Kier molecular flexibility index (Phi) is 8.77. The highest BCUT2D eigenvalue weighted by Crippen LogP contribution is 2.25. The molecule has 1 N–H and O–H groups in total. The van der Waals surface area contributed by atoms with Crippen LogP contribution >= 0.6 is 0 Å². The van der Waals surface area contributed by atoms with Gasteiger partial charge in [-0.25, -0.2) is 0 Å². The van der Waals surface area contributed by atoms with E-state index in [2.05, 4.69) is 0 Å². The molecule has 0 fully saturated rings. The lowest BCUT2D eigenvalue weighted by Gasteiger charge is -2.12. The molecule has 0 aliphatic rings. The van der Waals surface area contributed by atoms with Crippen molar-refractivity contribution in [3.05, 3.63) is 102 Å². The van der Waals surface area contributed by atoms with E-state index in [0.717, 1.165) is 54.5 Å². The fraction of sp³-hybridized carbons (Fsp3) is 0.250. The number of ether oxygens (including phenoxy) is 1. The van der Waals surface area contributed by atoms with Gasteiger partial charge in [-0.2, -0.15) is 0 Å². The third kappa shape index (κ3) is 7.02. The van der Waals surface area contributed by atoms with Gasteiger partial charge in [0.2, 0.25) is 0 Å². The predicted octanol–water partition coefficient (Wildman–Crippen LogP) is 6.49. The maximum Gasteiger partial charge on any atom is 0.185 e. The molecule has 3 nitrogen and oxygen atoms in total. The number of methoxy groups -OCH3 is 1. The second-order valence-corrected chi connectivity index (χ2v) is 7.67. The van der Waals surface area contributed by atoms with Crippen molar-refractivity contribution in [2.75, 3.05) is 13.7 Å². The van der Waals surface area contributed by atoms with Crippen LogP contribution in [0.25, 0.3) is 17.2 Å². The minimum absolute atomic E-state index is 0.00230. The summed E-state index contributed by atoms with van der Waals surface area (Å²) in [5.41, 5.74) is 4.83. The van der Waals surface area contributed by atoms with Gasteiger partial charge in [0.05, 0.1) is 6.10 Å². The van der Waals surface area contributed by atoms with Crippen molar-refractivity contribution in [2.24, 2.45) is 0 Å². The Balaban J connectivity index is 1.56. The largest absolute Gasteiger partial charge is 0.388 e. The van der Waals surface area contributed by atoms with Crippen LogP contribution in [-0.4, -0.2) is 24.6 Å². The number of allylic oxidation sites excluding steroid dienone is 1. The number of ketones is 1. The fourth-order valence-corrected chi connectivity index (χ4v) is 3.48. The molecule has 0 saturated heterocycles. The number of carbonyl (C=O) groups excluding carboxylic acids is 1. The Morgan fingerprint density at radius 1 is 0.871 bits per heavy atom. The van der Waals surface area contributed by atoms with Gasteiger partial charge in [-0.1, -0.05) is 97.8 Å². The SMILES string of the molecule is COCCCCCC(O)c1ccc(-c2ccc(/C=C/C(=O)c3ccccc3)cc2)cc1. The van der Waals surface area contributed by atoms with Crippen LogP contribution in [0.5, 0.6) is 0 Å². The van der Waals surface area contributed by atoms with Crippen LogP contribution in [-0.2, 0) is 4.74 Å². The molecule has 3 aromatic rings. The zero-order chi connectivity index (χ0) is 21.9. The number of benzene rings is 3. The highest BCUT2D eigenvalue weighted by molar-refractivity contribution is 6.06. The maximum atomic E-state index is 12.2. The number of rotatable bonds is 11. The predicted molar refractivity (Wildman–Crippen MR) is 127 cm³/mol. The molecule has 1 atom stereocenters. The van der Waals surface area contributed by atoms with E-state index in [4.69, 9.17) is 4.74 Å². The van der Waals surface area contributed by atoms with Gasteiger partial charge < -0.3 is 9.84 Å². The Labute approximate surface area is 185 Å². The van der Waals surface area contributed by atoms with Gasteiger partial charge in [0.25, 0.3) is 0 Å². The Morgan fingerprint density at radius 3 is 2.16 bits per heavy atom. The minimum atomic E-state index is -0.425. The summed E-state index contributed by atoms with van der Waals surface area (Å²) in [5.74, 6) is -0.00230. The molecule has 1 unspecified atom stereocenters. The quantitative estimate of drug-likeness (QED) is 0.222. The molecule has 3 aromatic carbocycles. The number of aliphatic hydroxyl groups excluding tert-OH is 1. The molecule has 0 aliphatic heterocycles. The zero-order valence-corrected chi connectivity index (χ0v) is 18.0. The molecule has 0 saturated carbocycles. The Hall–Kier alpha value is -3.01. The van der Waals surface area contributed by atoms with E-state index in [1.807, 2.05) is 84.9 Å². The lowest BCUT2D eigenvalue weighted by Crippen LogP contribution is -1.98. The lowest BCUT2D eigenvalue weighted by molar-refractivity contribution is 0.104. The van der Waals surface area contributed by atoms with Crippen LogP contribution in [0.3, 0.4) is 0 Å². The van der Waals surface area contributed by atoms with Gasteiger partial charge >= 0.3 is 0 Å². The van der Waals surface area contributed by atoms with Crippen LogP contribution < -0.4 is 0 Å². The summed E-state index contributed by atoms with van der Waals surface area (Å²) in [6.45, 7) is 0.780. The topological polar surface area (TPSA) is 46.5 Å². The molecule has 0 radical (unpaired) electrons. The first-order valence-electron chi connectivity index (χ1n) is 10.8. The second-order valence-electron chi connectivity index (χ2n) is 7.67. The molecule has 0 heterocycles. The Bertz CT molecular complexity index is 957. The normalized spacial score (nSPS) is 12.2. The van der Waals surface area contributed by atoms with E-state index in [1.165, 1.54) is 0 Å². The summed E-state index contributed by atoms with van der Waals surface area (Å²) in [5, 5.41) is 10.4. The van der Waals surface area contributed by atoms with Crippen molar-refractivity contribution in [1.29, 1.82) is 0 Å². The molecule has 0 amide bonds. The molecule has 0 bridgehead atoms. The average molecular weight is 415 g/mol. The van der Waals surface area contributed by atoms with Crippen molar-refractivity contribution < 1.29 is 14.6 Å². The third-order valence-electron chi connectivity index (χ3n) is 5.35. The Morgan fingerprint density at radius 2 is 1.52 bits per heavy atom. The van der Waals surface area contributed by atoms with Gasteiger partial charge in [0, 0.05) is 19.3 Å². The number of carbonyl (C=O) groups is 1. The van der Waals surface area contributed by atoms with Gasteiger partial charge in [-0.3, -0.25) is 4.79 Å². The number of hydrogen-bond donors (Lipinski definition) is 1. The number of hydrogen-bond acceptors (Lipinski definition) is 3. The molecule has 0 aliphatic carbocycles. The van der Waals surface area contributed by atoms with Crippen molar-refractivity contribution in [2.45, 2.75) is 31.8 Å². The third-order valence-corrected chi connectivity index (χ3v) is 5.35. The van der Waals surface area contributed by atoms with E-state index in [0.29, 0.717) is 5.56 Å². The van der Waals surface area contributed by atoms with Gasteiger partial charge in [-0.05, 0) is 41.2 Å². The van der Waals surface area contributed by atoms with E-state index < -0.39 is 6.10 Å². The van der Waals surface area contributed by atoms with Gasteiger partial charge in [-0.15, -0.1) is 0 Å². The summed E-state index contributed by atoms with van der Waals surface area (Å²) >= 11 is 0. The molecular weight excluding hydrogens is 384 g/mol. The first kappa shape index (κ1) is 22.7. The summed E-state index contributed by atoms with van der Waals surface area (Å²) in [4.78, 5) is 12.2. The first-order chi connectivity index (χ1) is 15.2. The van der Waals surface area contributed by atoms with Gasteiger partial charge in [0.1, 0.15) is 0 Å². The molecular formula is C28H30O3. The van der Waals surface area contributed by atoms with E-state index in [-0.39, 0.29) is 5.78 Å². The zero-order valence-electron chi connectivity index (χ0n) is 18.0. The number of unbranched alkanes of at least 4 members (excludes halogenated alkanes) is 2. The lowest BCUT2D eigenvalue weighted by atomic mass is 9.98. The second kappa shape index (κ2) is 12.0. The fourth-order valence-electron chi connectivity index (χ4n) is 3.48. The van der Waals surface area contributed by atoms with E-state index in [1.54, 1.807) is 13.2 Å². The molecule has 3 rings (SSSR count). The van der Waals surface area contributed by atoms with Crippen LogP contribution in [0.15, 0.2) is 84.9 Å². The van der Waals surface area contributed by atoms with Crippen LogP contribution in [0.4, 0.5) is 0 Å².